The van der Waals surface area contributed by atoms with E-state index < -0.39 is 0 Å². The normalized spacial score (nSPS) is 11.6. The van der Waals surface area contributed by atoms with E-state index in [1.807, 2.05) is 18.7 Å². The van der Waals surface area contributed by atoms with Crippen LogP contribution in [0.15, 0.2) is 11.4 Å². The summed E-state index contributed by atoms with van der Waals surface area (Å²) in [5.41, 5.74) is 4.25. The smallest absolute Gasteiger partial charge is 0.159 e. The summed E-state index contributed by atoms with van der Waals surface area (Å²) >= 11 is 7.80. The third-order valence-electron chi connectivity index (χ3n) is 3.36. The molecule has 19 heavy (non-hydrogen) atoms. The number of aryl methyl sites for hydroxylation is 3. The van der Waals surface area contributed by atoms with Crippen LogP contribution < -0.4 is 0 Å². The molecule has 0 N–H and O–H groups in total. The summed E-state index contributed by atoms with van der Waals surface area (Å²) in [6.45, 7) is 4.92. The second-order valence-corrected chi connectivity index (χ2v) is 5.92. The Kier molecular flexibility index (Phi) is 3.11. The Morgan fingerprint density at radius 2 is 2.16 bits per heavy atom. The number of rotatable bonds is 3. The first-order chi connectivity index (χ1) is 9.11. The van der Waals surface area contributed by atoms with Gasteiger partial charge in [-0.2, -0.15) is 5.10 Å². The maximum absolute atomic E-state index is 6.04. The van der Waals surface area contributed by atoms with E-state index in [9.17, 15) is 0 Å². The van der Waals surface area contributed by atoms with Crippen LogP contribution in [0.3, 0.4) is 0 Å². The molecule has 0 aliphatic heterocycles. The summed E-state index contributed by atoms with van der Waals surface area (Å²) in [5.74, 6) is 1.32. The summed E-state index contributed by atoms with van der Waals surface area (Å²) in [5, 5.41) is 6.55. The summed E-state index contributed by atoms with van der Waals surface area (Å²) in [6.07, 6.45) is 0. The van der Waals surface area contributed by atoms with E-state index in [1.54, 1.807) is 11.3 Å². The van der Waals surface area contributed by atoms with Crippen molar-refractivity contribution in [2.24, 2.45) is 7.05 Å². The predicted octanol–water partition coefficient (Wildman–Crippen LogP) is 3.24. The molecule has 0 radical (unpaired) electrons. The summed E-state index contributed by atoms with van der Waals surface area (Å²) < 4.78 is 4.05. The number of nitrogens with zero attached hydrogens (tertiary/aromatic N) is 4. The van der Waals surface area contributed by atoms with Gasteiger partial charge in [-0.3, -0.25) is 4.68 Å². The molecule has 3 rings (SSSR count). The number of alkyl halides is 1. The molecule has 6 heteroatoms. The average molecular weight is 295 g/mol. The monoisotopic (exact) mass is 294 g/mol. The molecule has 3 heterocycles. The summed E-state index contributed by atoms with van der Waals surface area (Å²) in [7, 11) is 1.95. The predicted molar refractivity (Wildman–Crippen MR) is 79.0 cm³/mol. The standard InChI is InChI=1S/C13H15ClN4S/c1-8-4-5-19-10(8)7-18-11(6-14)15-12-9(2)16-17(3)13(12)18/h4-5H,6-7H2,1-3H3. The highest BCUT2D eigenvalue weighted by Gasteiger charge is 2.17. The highest BCUT2D eigenvalue weighted by atomic mass is 35.5. The molecule has 0 saturated heterocycles. The van der Waals surface area contributed by atoms with Gasteiger partial charge in [-0.15, -0.1) is 22.9 Å². The van der Waals surface area contributed by atoms with E-state index in [0.29, 0.717) is 5.88 Å². The zero-order chi connectivity index (χ0) is 13.6. The molecule has 0 aromatic carbocycles. The minimum absolute atomic E-state index is 0.415. The molecular weight excluding hydrogens is 280 g/mol. The van der Waals surface area contributed by atoms with E-state index in [-0.39, 0.29) is 0 Å². The van der Waals surface area contributed by atoms with Crippen molar-refractivity contribution in [1.82, 2.24) is 19.3 Å². The summed E-state index contributed by atoms with van der Waals surface area (Å²) in [6, 6.07) is 2.14. The van der Waals surface area contributed by atoms with Crippen molar-refractivity contribution in [1.29, 1.82) is 0 Å². The molecule has 0 aliphatic carbocycles. The number of imidazole rings is 1. The number of aromatic nitrogens is 4. The third-order valence-corrected chi connectivity index (χ3v) is 4.61. The van der Waals surface area contributed by atoms with Crippen LogP contribution in [0, 0.1) is 13.8 Å². The molecule has 0 saturated carbocycles. The molecular formula is C13H15ClN4S. The fourth-order valence-electron chi connectivity index (χ4n) is 2.36. The van der Waals surface area contributed by atoms with Gasteiger partial charge in [0.2, 0.25) is 0 Å². The van der Waals surface area contributed by atoms with E-state index in [0.717, 1.165) is 29.2 Å². The Hall–Kier alpha value is -1.33. The lowest BCUT2D eigenvalue weighted by Crippen LogP contribution is -2.07. The van der Waals surface area contributed by atoms with Crippen molar-refractivity contribution in [2.75, 3.05) is 0 Å². The van der Waals surface area contributed by atoms with Crippen LogP contribution in [0.2, 0.25) is 0 Å². The number of hydrogen-bond donors (Lipinski definition) is 0. The lowest BCUT2D eigenvalue weighted by Gasteiger charge is -2.07. The molecule has 0 bridgehead atoms. The minimum atomic E-state index is 0.415. The van der Waals surface area contributed by atoms with Gasteiger partial charge in [-0.25, -0.2) is 4.98 Å². The van der Waals surface area contributed by atoms with Crippen LogP contribution in [0.25, 0.3) is 11.2 Å². The first-order valence-electron chi connectivity index (χ1n) is 6.09. The van der Waals surface area contributed by atoms with Crippen LogP contribution >= 0.6 is 22.9 Å². The number of hydrogen-bond acceptors (Lipinski definition) is 3. The first kappa shape index (κ1) is 12.7. The van der Waals surface area contributed by atoms with Gasteiger partial charge in [0, 0.05) is 11.9 Å². The molecule has 0 unspecified atom stereocenters. The zero-order valence-electron chi connectivity index (χ0n) is 11.1. The van der Waals surface area contributed by atoms with E-state index in [4.69, 9.17) is 11.6 Å². The molecule has 0 atom stereocenters. The molecule has 0 aliphatic rings. The zero-order valence-corrected chi connectivity index (χ0v) is 12.7. The second-order valence-electron chi connectivity index (χ2n) is 4.66. The van der Waals surface area contributed by atoms with Crippen LogP contribution in [0.4, 0.5) is 0 Å². The van der Waals surface area contributed by atoms with E-state index in [1.165, 1.54) is 10.4 Å². The topological polar surface area (TPSA) is 35.6 Å². The lowest BCUT2D eigenvalue weighted by molar-refractivity contribution is 0.705. The fourth-order valence-corrected chi connectivity index (χ4v) is 3.46. The molecule has 3 aromatic heterocycles. The Balaban J connectivity index is 2.18. The van der Waals surface area contributed by atoms with Crippen molar-refractivity contribution in [3.63, 3.8) is 0 Å². The number of fused-ring (bicyclic) bond motifs is 1. The molecule has 100 valence electrons. The van der Waals surface area contributed by atoms with Gasteiger partial charge < -0.3 is 4.57 Å². The van der Waals surface area contributed by atoms with Crippen LogP contribution in [-0.2, 0) is 19.5 Å². The first-order valence-corrected chi connectivity index (χ1v) is 7.51. The maximum Gasteiger partial charge on any atom is 0.159 e. The Morgan fingerprint density at radius 3 is 2.79 bits per heavy atom. The van der Waals surface area contributed by atoms with Gasteiger partial charge >= 0.3 is 0 Å². The van der Waals surface area contributed by atoms with Crippen LogP contribution in [-0.4, -0.2) is 19.3 Å². The van der Waals surface area contributed by atoms with Crippen molar-refractivity contribution in [2.45, 2.75) is 26.3 Å². The Morgan fingerprint density at radius 1 is 1.37 bits per heavy atom. The Bertz CT molecular complexity index is 737. The minimum Gasteiger partial charge on any atom is -0.307 e. The van der Waals surface area contributed by atoms with Gasteiger partial charge in [-0.1, -0.05) is 0 Å². The molecule has 0 spiro atoms. The number of thiophene rings is 1. The van der Waals surface area contributed by atoms with Crippen LogP contribution in [0.1, 0.15) is 22.0 Å². The van der Waals surface area contributed by atoms with E-state index in [2.05, 4.69) is 33.0 Å². The van der Waals surface area contributed by atoms with Gasteiger partial charge in [-0.05, 0) is 30.9 Å². The van der Waals surface area contributed by atoms with Gasteiger partial charge in [0.05, 0.1) is 18.1 Å². The van der Waals surface area contributed by atoms with Gasteiger partial charge in [0.15, 0.2) is 5.65 Å². The lowest BCUT2D eigenvalue weighted by atomic mass is 10.3. The van der Waals surface area contributed by atoms with Gasteiger partial charge in [0.1, 0.15) is 11.3 Å². The van der Waals surface area contributed by atoms with Crippen molar-refractivity contribution in [3.8, 4) is 0 Å². The number of halogens is 1. The fraction of sp³-hybridized carbons (Fsp3) is 0.385. The molecule has 0 amide bonds. The van der Waals surface area contributed by atoms with Crippen molar-refractivity contribution < 1.29 is 0 Å². The quantitative estimate of drug-likeness (QED) is 0.695. The van der Waals surface area contributed by atoms with Crippen molar-refractivity contribution >= 4 is 34.1 Å². The van der Waals surface area contributed by atoms with Gasteiger partial charge in [0.25, 0.3) is 0 Å². The largest absolute Gasteiger partial charge is 0.307 e. The Labute approximate surface area is 120 Å². The molecule has 3 aromatic rings. The summed E-state index contributed by atoms with van der Waals surface area (Å²) in [4.78, 5) is 5.95. The van der Waals surface area contributed by atoms with Crippen molar-refractivity contribution in [3.05, 3.63) is 33.4 Å². The SMILES string of the molecule is Cc1ccsc1Cn1c(CCl)nc2c(C)nn(C)c21. The second kappa shape index (κ2) is 4.65. The highest BCUT2D eigenvalue weighted by Crippen LogP contribution is 2.24. The molecule has 4 nitrogen and oxygen atoms in total. The van der Waals surface area contributed by atoms with Crippen LogP contribution in [0.5, 0.6) is 0 Å². The average Bonchev–Trinajstić information content (AvgIpc) is 3.00. The maximum atomic E-state index is 6.04. The third kappa shape index (κ3) is 1.97. The highest BCUT2D eigenvalue weighted by molar-refractivity contribution is 7.10. The van der Waals surface area contributed by atoms with E-state index >= 15 is 0 Å². The molecule has 0 fully saturated rings.